The van der Waals surface area contributed by atoms with Crippen LogP contribution in [0.3, 0.4) is 0 Å². The summed E-state index contributed by atoms with van der Waals surface area (Å²) < 4.78 is 38.6. The number of aryl methyl sites for hydroxylation is 1. The van der Waals surface area contributed by atoms with Crippen LogP contribution in [0, 0.1) is 6.92 Å². The van der Waals surface area contributed by atoms with Gasteiger partial charge in [0.15, 0.2) is 0 Å². The minimum Gasteiger partial charge on any atom is -0.497 e. The predicted octanol–water partition coefficient (Wildman–Crippen LogP) is 4.06. The van der Waals surface area contributed by atoms with Crippen LogP contribution >= 0.6 is 11.6 Å². The molecule has 0 spiro atoms. The lowest BCUT2D eigenvalue weighted by Crippen LogP contribution is -2.26. The van der Waals surface area contributed by atoms with Crippen molar-refractivity contribution in [1.29, 1.82) is 0 Å². The van der Waals surface area contributed by atoms with Crippen LogP contribution in [0.15, 0.2) is 41.3 Å². The summed E-state index contributed by atoms with van der Waals surface area (Å²) >= 11 is 6.04. The second-order valence-corrected chi connectivity index (χ2v) is 8.49. The highest BCUT2D eigenvalue weighted by molar-refractivity contribution is 7.89. The molecule has 8 heteroatoms. The molecule has 2 aromatic carbocycles. The van der Waals surface area contributed by atoms with Crippen LogP contribution in [0.4, 0.5) is 0 Å². The zero-order valence-electron chi connectivity index (χ0n) is 16.0. The maximum atomic E-state index is 12.6. The van der Waals surface area contributed by atoms with Gasteiger partial charge in [-0.15, -0.1) is 0 Å². The van der Waals surface area contributed by atoms with Crippen LogP contribution in [0.1, 0.15) is 18.2 Å². The van der Waals surface area contributed by atoms with E-state index < -0.39 is 10.0 Å². The number of aromatic amines is 1. The maximum Gasteiger partial charge on any atom is 0.240 e. The standard InChI is InChI=1S/C20H23ClN2O4S/c1-4-27-20-12-15(6-7-18(20)21)28(24,25)22-10-9-16-13(2)23-19-8-5-14(26-3)11-17(16)19/h5-8,11-12,22-23H,4,9-10H2,1-3H3. The first-order valence-electron chi connectivity index (χ1n) is 8.93. The lowest BCUT2D eigenvalue weighted by atomic mass is 10.1. The lowest BCUT2D eigenvalue weighted by Gasteiger charge is -2.10. The summed E-state index contributed by atoms with van der Waals surface area (Å²) in [6.07, 6.45) is 0.546. The zero-order valence-corrected chi connectivity index (χ0v) is 17.6. The van der Waals surface area contributed by atoms with Gasteiger partial charge < -0.3 is 14.5 Å². The van der Waals surface area contributed by atoms with Crippen LogP contribution in [-0.4, -0.2) is 33.7 Å². The fourth-order valence-electron chi connectivity index (χ4n) is 3.12. The third-order valence-electron chi connectivity index (χ3n) is 4.51. The molecule has 0 amide bonds. The van der Waals surface area contributed by atoms with E-state index in [1.165, 1.54) is 18.2 Å². The van der Waals surface area contributed by atoms with E-state index in [9.17, 15) is 8.42 Å². The highest BCUT2D eigenvalue weighted by Gasteiger charge is 2.17. The fourth-order valence-corrected chi connectivity index (χ4v) is 4.34. The van der Waals surface area contributed by atoms with Crippen LogP contribution in [0.25, 0.3) is 10.9 Å². The first-order chi connectivity index (χ1) is 13.4. The average Bonchev–Trinajstić information content (AvgIpc) is 2.98. The van der Waals surface area contributed by atoms with Crippen molar-refractivity contribution in [1.82, 2.24) is 9.71 Å². The molecule has 0 fully saturated rings. The quantitative estimate of drug-likeness (QED) is 0.573. The SMILES string of the molecule is CCOc1cc(S(=O)(=O)NCCc2c(C)[nH]c3ccc(OC)cc23)ccc1Cl. The molecule has 1 aromatic heterocycles. The van der Waals surface area contributed by atoms with Gasteiger partial charge in [-0.3, -0.25) is 0 Å². The summed E-state index contributed by atoms with van der Waals surface area (Å²) in [7, 11) is -2.05. The first-order valence-corrected chi connectivity index (χ1v) is 10.8. The molecular weight excluding hydrogens is 400 g/mol. The molecule has 6 nitrogen and oxygen atoms in total. The fraction of sp³-hybridized carbons (Fsp3) is 0.300. The van der Waals surface area contributed by atoms with Gasteiger partial charge in [0, 0.05) is 29.2 Å². The first kappa shape index (κ1) is 20.5. The van der Waals surface area contributed by atoms with Gasteiger partial charge in [0.1, 0.15) is 11.5 Å². The molecule has 2 N–H and O–H groups in total. The summed E-state index contributed by atoms with van der Waals surface area (Å²) in [5, 5.41) is 1.41. The number of rotatable bonds is 8. The van der Waals surface area contributed by atoms with E-state index in [1.54, 1.807) is 7.11 Å². The Balaban J connectivity index is 1.76. The molecular formula is C20H23ClN2O4S. The topological polar surface area (TPSA) is 80.4 Å². The molecule has 28 heavy (non-hydrogen) atoms. The van der Waals surface area contributed by atoms with Crippen molar-refractivity contribution in [2.75, 3.05) is 20.3 Å². The molecule has 3 rings (SSSR count). The number of methoxy groups -OCH3 is 1. The Bertz CT molecular complexity index is 1090. The largest absolute Gasteiger partial charge is 0.497 e. The number of hydrogen-bond acceptors (Lipinski definition) is 4. The molecule has 0 radical (unpaired) electrons. The third kappa shape index (κ3) is 4.27. The Morgan fingerprint density at radius 2 is 1.96 bits per heavy atom. The van der Waals surface area contributed by atoms with Crippen molar-refractivity contribution in [3.05, 3.63) is 52.7 Å². The molecule has 1 heterocycles. The predicted molar refractivity (Wildman–Crippen MR) is 111 cm³/mol. The van der Waals surface area contributed by atoms with Gasteiger partial charge in [-0.05, 0) is 56.2 Å². The van der Waals surface area contributed by atoms with Crippen molar-refractivity contribution >= 4 is 32.5 Å². The van der Waals surface area contributed by atoms with Crippen LogP contribution in [0.2, 0.25) is 5.02 Å². The average molecular weight is 423 g/mol. The minimum atomic E-state index is -3.67. The van der Waals surface area contributed by atoms with Crippen molar-refractivity contribution in [2.24, 2.45) is 0 Å². The molecule has 150 valence electrons. The molecule has 0 aliphatic carbocycles. The van der Waals surface area contributed by atoms with Gasteiger partial charge in [-0.25, -0.2) is 13.1 Å². The molecule has 0 unspecified atom stereocenters. The van der Waals surface area contributed by atoms with Crippen molar-refractivity contribution in [3.63, 3.8) is 0 Å². The summed E-state index contributed by atoms with van der Waals surface area (Å²) in [6.45, 7) is 4.46. The number of fused-ring (bicyclic) bond motifs is 1. The van der Waals surface area contributed by atoms with Crippen LogP contribution in [-0.2, 0) is 16.4 Å². The van der Waals surface area contributed by atoms with E-state index in [1.807, 2.05) is 32.0 Å². The second kappa shape index (κ2) is 8.43. The lowest BCUT2D eigenvalue weighted by molar-refractivity contribution is 0.339. The maximum absolute atomic E-state index is 12.6. The number of hydrogen-bond donors (Lipinski definition) is 2. The smallest absolute Gasteiger partial charge is 0.240 e. The Morgan fingerprint density at radius 1 is 1.18 bits per heavy atom. The van der Waals surface area contributed by atoms with E-state index in [4.69, 9.17) is 21.1 Å². The summed E-state index contributed by atoms with van der Waals surface area (Å²) in [5.74, 6) is 1.12. The van der Waals surface area contributed by atoms with Crippen LogP contribution < -0.4 is 14.2 Å². The zero-order chi connectivity index (χ0) is 20.3. The summed E-state index contributed by atoms with van der Waals surface area (Å²) in [5.41, 5.74) is 3.06. The van der Waals surface area contributed by atoms with Gasteiger partial charge in [-0.2, -0.15) is 0 Å². The van der Waals surface area contributed by atoms with E-state index in [-0.39, 0.29) is 11.4 Å². The number of halogens is 1. The molecule has 0 aliphatic heterocycles. The van der Waals surface area contributed by atoms with Gasteiger partial charge in [0.2, 0.25) is 10.0 Å². The molecule has 0 bridgehead atoms. The van der Waals surface area contributed by atoms with Crippen molar-refractivity contribution < 1.29 is 17.9 Å². The number of sulfonamides is 1. The Morgan fingerprint density at radius 3 is 2.68 bits per heavy atom. The van der Waals surface area contributed by atoms with Crippen molar-refractivity contribution in [3.8, 4) is 11.5 Å². The number of ether oxygens (including phenoxy) is 2. The summed E-state index contributed by atoms with van der Waals surface area (Å²) in [4.78, 5) is 3.44. The number of nitrogens with one attached hydrogen (secondary N) is 2. The minimum absolute atomic E-state index is 0.123. The second-order valence-electron chi connectivity index (χ2n) is 6.31. The van der Waals surface area contributed by atoms with Crippen LogP contribution in [0.5, 0.6) is 11.5 Å². The Labute approximate surface area is 169 Å². The summed E-state index contributed by atoms with van der Waals surface area (Å²) in [6, 6.07) is 10.2. The normalized spacial score (nSPS) is 11.7. The van der Waals surface area contributed by atoms with E-state index in [0.717, 1.165) is 27.9 Å². The van der Waals surface area contributed by atoms with Gasteiger partial charge in [0.05, 0.1) is 23.6 Å². The van der Waals surface area contributed by atoms with Crippen molar-refractivity contribution in [2.45, 2.75) is 25.2 Å². The molecule has 0 saturated carbocycles. The Kier molecular flexibility index (Phi) is 6.17. The Hall–Kier alpha value is -2.22. The van der Waals surface area contributed by atoms with Gasteiger partial charge >= 0.3 is 0 Å². The number of benzene rings is 2. The van der Waals surface area contributed by atoms with E-state index >= 15 is 0 Å². The third-order valence-corrected chi connectivity index (χ3v) is 6.28. The van der Waals surface area contributed by atoms with Gasteiger partial charge in [0.25, 0.3) is 0 Å². The monoisotopic (exact) mass is 422 g/mol. The molecule has 3 aromatic rings. The number of aromatic nitrogens is 1. The molecule has 0 saturated heterocycles. The number of H-pyrrole nitrogens is 1. The van der Waals surface area contributed by atoms with E-state index in [2.05, 4.69) is 9.71 Å². The van der Waals surface area contributed by atoms with Gasteiger partial charge in [-0.1, -0.05) is 11.6 Å². The van der Waals surface area contributed by atoms with E-state index in [0.29, 0.717) is 23.8 Å². The highest BCUT2D eigenvalue weighted by atomic mass is 35.5. The molecule has 0 atom stereocenters. The molecule has 0 aliphatic rings. The highest BCUT2D eigenvalue weighted by Crippen LogP contribution is 2.28.